The standard InChI is InChI=1S/C9H11N3O2/c10-9(6-1-2-6)8-5-7(12(13)14)3-4-11-8/h3-6,9H,1-2,10H2. The van der Waals surface area contributed by atoms with Crippen molar-refractivity contribution in [3.8, 4) is 0 Å². The first-order valence-electron chi connectivity index (χ1n) is 4.54. The van der Waals surface area contributed by atoms with Crippen LogP contribution in [-0.4, -0.2) is 9.91 Å². The second kappa shape index (κ2) is 3.34. The largest absolute Gasteiger partial charge is 0.322 e. The zero-order chi connectivity index (χ0) is 10.1. The molecule has 0 amide bonds. The lowest BCUT2D eigenvalue weighted by molar-refractivity contribution is -0.385. The summed E-state index contributed by atoms with van der Waals surface area (Å²) in [4.78, 5) is 14.1. The van der Waals surface area contributed by atoms with Crippen LogP contribution in [0.4, 0.5) is 5.69 Å². The predicted molar refractivity (Wildman–Crippen MR) is 50.5 cm³/mol. The van der Waals surface area contributed by atoms with E-state index in [9.17, 15) is 10.1 Å². The Bertz CT molecular complexity index is 363. The van der Waals surface area contributed by atoms with Crippen LogP contribution in [0.25, 0.3) is 0 Å². The van der Waals surface area contributed by atoms with Crippen molar-refractivity contribution in [3.63, 3.8) is 0 Å². The van der Waals surface area contributed by atoms with Gasteiger partial charge < -0.3 is 5.73 Å². The summed E-state index contributed by atoms with van der Waals surface area (Å²) in [5.74, 6) is 0.463. The Hall–Kier alpha value is -1.49. The molecule has 0 bridgehead atoms. The molecule has 1 atom stereocenters. The zero-order valence-corrected chi connectivity index (χ0v) is 7.59. The summed E-state index contributed by atoms with van der Waals surface area (Å²) in [7, 11) is 0. The topological polar surface area (TPSA) is 82.0 Å². The van der Waals surface area contributed by atoms with Crippen LogP contribution < -0.4 is 5.73 Å². The maximum Gasteiger partial charge on any atom is 0.272 e. The SMILES string of the molecule is NC(c1cc([N+](=O)[O-])ccn1)C1CC1. The van der Waals surface area contributed by atoms with Crippen LogP contribution in [0.5, 0.6) is 0 Å². The van der Waals surface area contributed by atoms with Crippen molar-refractivity contribution in [2.24, 2.45) is 11.7 Å². The van der Waals surface area contributed by atoms with Crippen LogP contribution >= 0.6 is 0 Å². The number of aromatic nitrogens is 1. The lowest BCUT2D eigenvalue weighted by Crippen LogP contribution is -2.14. The molecule has 1 unspecified atom stereocenters. The van der Waals surface area contributed by atoms with Gasteiger partial charge >= 0.3 is 0 Å². The molecule has 0 aromatic carbocycles. The highest BCUT2D eigenvalue weighted by molar-refractivity contribution is 5.31. The van der Waals surface area contributed by atoms with Crippen molar-refractivity contribution in [1.29, 1.82) is 0 Å². The van der Waals surface area contributed by atoms with E-state index in [0.717, 1.165) is 12.8 Å². The first kappa shape index (κ1) is 9.08. The van der Waals surface area contributed by atoms with Gasteiger partial charge in [0.25, 0.3) is 5.69 Å². The van der Waals surface area contributed by atoms with E-state index in [2.05, 4.69) is 4.98 Å². The van der Waals surface area contributed by atoms with Gasteiger partial charge in [-0.1, -0.05) is 0 Å². The average molecular weight is 193 g/mol. The molecule has 74 valence electrons. The molecule has 0 aliphatic heterocycles. The third-order valence-electron chi connectivity index (χ3n) is 2.45. The molecule has 14 heavy (non-hydrogen) atoms. The summed E-state index contributed by atoms with van der Waals surface area (Å²) in [5, 5.41) is 10.5. The van der Waals surface area contributed by atoms with Crippen molar-refractivity contribution in [1.82, 2.24) is 4.98 Å². The van der Waals surface area contributed by atoms with Gasteiger partial charge in [0.1, 0.15) is 0 Å². The fourth-order valence-corrected chi connectivity index (χ4v) is 1.43. The number of nitrogens with two attached hydrogens (primary N) is 1. The van der Waals surface area contributed by atoms with Crippen LogP contribution in [0.15, 0.2) is 18.3 Å². The minimum Gasteiger partial charge on any atom is -0.322 e. The maximum absolute atomic E-state index is 10.5. The number of hydrogen-bond donors (Lipinski definition) is 1. The van der Waals surface area contributed by atoms with E-state index >= 15 is 0 Å². The van der Waals surface area contributed by atoms with Crippen molar-refractivity contribution in [3.05, 3.63) is 34.1 Å². The molecule has 2 rings (SSSR count). The Kier molecular flexibility index (Phi) is 2.17. The Morgan fingerprint density at radius 3 is 2.93 bits per heavy atom. The molecule has 0 saturated heterocycles. The first-order valence-corrected chi connectivity index (χ1v) is 4.54. The molecule has 1 aromatic heterocycles. The van der Waals surface area contributed by atoms with E-state index in [4.69, 9.17) is 5.73 Å². The lowest BCUT2D eigenvalue weighted by atomic mass is 10.1. The van der Waals surface area contributed by atoms with Gasteiger partial charge in [-0.2, -0.15) is 0 Å². The Labute approximate surface area is 81.1 Å². The van der Waals surface area contributed by atoms with Crippen molar-refractivity contribution in [2.45, 2.75) is 18.9 Å². The van der Waals surface area contributed by atoms with Crippen molar-refractivity contribution >= 4 is 5.69 Å². The van der Waals surface area contributed by atoms with Gasteiger partial charge in [0, 0.05) is 18.3 Å². The summed E-state index contributed by atoms with van der Waals surface area (Å²) in [5.41, 5.74) is 6.57. The van der Waals surface area contributed by atoms with Gasteiger partial charge in [-0.3, -0.25) is 15.1 Å². The van der Waals surface area contributed by atoms with E-state index < -0.39 is 4.92 Å². The van der Waals surface area contributed by atoms with E-state index in [1.807, 2.05) is 0 Å². The smallest absolute Gasteiger partial charge is 0.272 e. The summed E-state index contributed by atoms with van der Waals surface area (Å²) in [6.45, 7) is 0. The van der Waals surface area contributed by atoms with Crippen LogP contribution in [0.2, 0.25) is 0 Å². The highest BCUT2D eigenvalue weighted by atomic mass is 16.6. The van der Waals surface area contributed by atoms with Gasteiger partial charge in [0.15, 0.2) is 0 Å². The monoisotopic (exact) mass is 193 g/mol. The van der Waals surface area contributed by atoms with Crippen molar-refractivity contribution in [2.75, 3.05) is 0 Å². The van der Waals surface area contributed by atoms with E-state index in [1.165, 1.54) is 18.3 Å². The molecule has 1 heterocycles. The lowest BCUT2D eigenvalue weighted by Gasteiger charge is -2.08. The normalized spacial score (nSPS) is 17.8. The molecule has 0 radical (unpaired) electrons. The molecule has 1 aliphatic carbocycles. The molecule has 5 nitrogen and oxygen atoms in total. The quantitative estimate of drug-likeness (QED) is 0.581. The summed E-state index contributed by atoms with van der Waals surface area (Å²) in [6, 6.07) is 2.70. The van der Waals surface area contributed by atoms with Crippen molar-refractivity contribution < 1.29 is 4.92 Å². The van der Waals surface area contributed by atoms with Gasteiger partial charge in [0.2, 0.25) is 0 Å². The summed E-state index contributed by atoms with van der Waals surface area (Å²) in [6.07, 6.45) is 3.65. The number of nitro groups is 1. The first-order chi connectivity index (χ1) is 6.68. The van der Waals surface area contributed by atoms with Crippen LogP contribution in [0, 0.1) is 16.0 Å². The molecular formula is C9H11N3O2. The van der Waals surface area contributed by atoms with E-state index in [1.54, 1.807) is 0 Å². The van der Waals surface area contributed by atoms with Gasteiger partial charge in [-0.15, -0.1) is 0 Å². The second-order valence-electron chi connectivity index (χ2n) is 3.56. The average Bonchev–Trinajstić information content (AvgIpc) is 3.00. The number of nitrogens with zero attached hydrogens (tertiary/aromatic N) is 2. The third kappa shape index (κ3) is 1.72. The number of pyridine rings is 1. The van der Waals surface area contributed by atoms with Gasteiger partial charge in [-0.05, 0) is 18.8 Å². The molecule has 1 saturated carbocycles. The van der Waals surface area contributed by atoms with E-state index in [-0.39, 0.29) is 11.7 Å². The molecular weight excluding hydrogens is 182 g/mol. The molecule has 2 N–H and O–H groups in total. The molecule has 1 aromatic rings. The minimum absolute atomic E-state index is 0.0612. The molecule has 1 aliphatic rings. The fraction of sp³-hybridized carbons (Fsp3) is 0.444. The van der Waals surface area contributed by atoms with Crippen LogP contribution in [0.3, 0.4) is 0 Å². The zero-order valence-electron chi connectivity index (χ0n) is 7.59. The maximum atomic E-state index is 10.5. The third-order valence-corrected chi connectivity index (χ3v) is 2.45. The molecule has 1 fully saturated rings. The number of rotatable bonds is 3. The summed E-state index contributed by atoms with van der Waals surface area (Å²) < 4.78 is 0. The highest BCUT2D eigenvalue weighted by Gasteiger charge is 2.30. The number of hydrogen-bond acceptors (Lipinski definition) is 4. The molecule has 0 spiro atoms. The van der Waals surface area contributed by atoms with Gasteiger partial charge in [0.05, 0.1) is 16.7 Å². The second-order valence-corrected chi connectivity index (χ2v) is 3.56. The van der Waals surface area contributed by atoms with Gasteiger partial charge in [-0.25, -0.2) is 0 Å². The van der Waals surface area contributed by atoms with Crippen LogP contribution in [0.1, 0.15) is 24.6 Å². The van der Waals surface area contributed by atoms with E-state index in [0.29, 0.717) is 11.6 Å². The highest BCUT2D eigenvalue weighted by Crippen LogP contribution is 2.39. The fourth-order valence-electron chi connectivity index (χ4n) is 1.43. The Morgan fingerprint density at radius 2 is 2.36 bits per heavy atom. The molecule has 5 heteroatoms. The Morgan fingerprint density at radius 1 is 1.64 bits per heavy atom. The Balaban J connectivity index is 2.24. The minimum atomic E-state index is -0.426. The van der Waals surface area contributed by atoms with Crippen LogP contribution in [-0.2, 0) is 0 Å². The summed E-state index contributed by atoms with van der Waals surface area (Å²) >= 11 is 0. The predicted octanol–water partition coefficient (Wildman–Crippen LogP) is 1.40.